The number of rotatable bonds is 9. The molecule has 2 atom stereocenters. The number of aliphatic carboxylic acids is 1. The molecular formula is C20H23ClN2O4. The molecule has 0 saturated carbocycles. The maximum atomic E-state index is 12.6. The van der Waals surface area contributed by atoms with Crippen molar-refractivity contribution in [1.82, 2.24) is 5.32 Å². The second kappa shape index (κ2) is 9.94. The number of hydrogen-bond acceptors (Lipinski definition) is 4. The van der Waals surface area contributed by atoms with E-state index in [0.29, 0.717) is 5.02 Å². The molecule has 0 fully saturated rings. The molecule has 0 aliphatic heterocycles. The Bertz CT molecular complexity index is 783. The highest BCUT2D eigenvalue weighted by Gasteiger charge is 2.28. The topological polar surface area (TPSA) is 98.7 Å². The van der Waals surface area contributed by atoms with Crippen LogP contribution in [0.25, 0.3) is 0 Å². The zero-order valence-electron chi connectivity index (χ0n) is 15.0. The molecular weight excluding hydrogens is 368 g/mol. The van der Waals surface area contributed by atoms with Crippen LogP contribution < -0.4 is 10.6 Å². The van der Waals surface area contributed by atoms with Gasteiger partial charge in [-0.15, -0.1) is 0 Å². The van der Waals surface area contributed by atoms with E-state index in [-0.39, 0.29) is 12.0 Å². The van der Waals surface area contributed by atoms with Crippen LogP contribution in [0.5, 0.6) is 0 Å². The fourth-order valence-corrected chi connectivity index (χ4v) is 2.84. The summed E-state index contributed by atoms with van der Waals surface area (Å²) in [4.78, 5) is 23.8. The maximum absolute atomic E-state index is 12.6. The minimum Gasteiger partial charge on any atom is -0.479 e. The number of anilines is 1. The summed E-state index contributed by atoms with van der Waals surface area (Å²) in [7, 11) is 0. The zero-order valence-corrected chi connectivity index (χ0v) is 15.7. The van der Waals surface area contributed by atoms with Crippen LogP contribution >= 0.6 is 11.6 Å². The molecule has 0 aliphatic rings. The number of carbonyl (C=O) groups excluding carboxylic acids is 1. The molecule has 0 saturated heterocycles. The lowest BCUT2D eigenvalue weighted by Gasteiger charge is -2.22. The van der Waals surface area contributed by atoms with Crippen molar-refractivity contribution >= 4 is 29.2 Å². The summed E-state index contributed by atoms with van der Waals surface area (Å²) >= 11 is 6.20. The van der Waals surface area contributed by atoms with Crippen LogP contribution in [0.2, 0.25) is 5.02 Å². The molecule has 4 N–H and O–H groups in total. The lowest BCUT2D eigenvalue weighted by atomic mass is 10.0. The SMILES string of the molecule is CCCNc1ccc(C(=O)N[C@H](Cc2ccccc2)[C@@H](O)C(=O)O)cc1Cl. The fraction of sp³-hybridized carbons (Fsp3) is 0.300. The number of carboxylic acids is 1. The predicted molar refractivity (Wildman–Crippen MR) is 105 cm³/mol. The van der Waals surface area contributed by atoms with Crippen molar-refractivity contribution < 1.29 is 19.8 Å². The first-order valence-corrected chi connectivity index (χ1v) is 9.09. The molecule has 144 valence electrons. The molecule has 0 aromatic heterocycles. The smallest absolute Gasteiger partial charge is 0.334 e. The van der Waals surface area contributed by atoms with Gasteiger partial charge in [0, 0.05) is 12.1 Å². The Kier molecular flexibility index (Phi) is 7.64. The highest BCUT2D eigenvalue weighted by molar-refractivity contribution is 6.33. The van der Waals surface area contributed by atoms with E-state index in [9.17, 15) is 14.7 Å². The van der Waals surface area contributed by atoms with Crippen molar-refractivity contribution in [2.45, 2.75) is 31.9 Å². The average Bonchev–Trinajstić information content (AvgIpc) is 2.66. The molecule has 0 radical (unpaired) electrons. The minimum absolute atomic E-state index is 0.184. The number of benzene rings is 2. The Morgan fingerprint density at radius 1 is 1.15 bits per heavy atom. The number of halogens is 1. The van der Waals surface area contributed by atoms with Crippen molar-refractivity contribution in [1.29, 1.82) is 0 Å². The van der Waals surface area contributed by atoms with Crippen LogP contribution in [0.15, 0.2) is 48.5 Å². The van der Waals surface area contributed by atoms with Gasteiger partial charge in [0.25, 0.3) is 5.91 Å². The van der Waals surface area contributed by atoms with Crippen molar-refractivity contribution in [3.63, 3.8) is 0 Å². The third-order valence-electron chi connectivity index (χ3n) is 4.05. The number of nitrogens with one attached hydrogen (secondary N) is 2. The van der Waals surface area contributed by atoms with Crippen molar-refractivity contribution in [3.05, 3.63) is 64.7 Å². The van der Waals surface area contributed by atoms with Crippen LogP contribution in [0.4, 0.5) is 5.69 Å². The number of amides is 1. The molecule has 0 spiro atoms. The lowest BCUT2D eigenvalue weighted by molar-refractivity contribution is -0.148. The van der Waals surface area contributed by atoms with Gasteiger partial charge in [0.05, 0.1) is 16.8 Å². The van der Waals surface area contributed by atoms with Crippen molar-refractivity contribution in [3.8, 4) is 0 Å². The summed E-state index contributed by atoms with van der Waals surface area (Å²) in [5, 5.41) is 25.3. The summed E-state index contributed by atoms with van der Waals surface area (Å²) in [6.07, 6.45) is -0.605. The number of aliphatic hydroxyl groups excluding tert-OH is 1. The normalized spacial score (nSPS) is 12.9. The Labute approximate surface area is 163 Å². The highest BCUT2D eigenvalue weighted by Crippen LogP contribution is 2.23. The summed E-state index contributed by atoms with van der Waals surface area (Å²) in [6.45, 7) is 2.79. The van der Waals surface area contributed by atoms with Gasteiger partial charge in [-0.05, 0) is 36.6 Å². The first kappa shape index (κ1) is 20.7. The van der Waals surface area contributed by atoms with E-state index in [0.717, 1.165) is 24.2 Å². The molecule has 2 rings (SSSR count). The third kappa shape index (κ3) is 5.98. The number of carbonyl (C=O) groups is 2. The quantitative estimate of drug-likeness (QED) is 0.527. The van der Waals surface area contributed by atoms with Gasteiger partial charge < -0.3 is 20.8 Å². The molecule has 27 heavy (non-hydrogen) atoms. The van der Waals surface area contributed by atoms with E-state index in [1.165, 1.54) is 6.07 Å². The molecule has 0 bridgehead atoms. The Morgan fingerprint density at radius 2 is 1.85 bits per heavy atom. The van der Waals surface area contributed by atoms with E-state index in [1.54, 1.807) is 24.3 Å². The molecule has 0 heterocycles. The van der Waals surface area contributed by atoms with Gasteiger partial charge in [0.15, 0.2) is 6.10 Å². The van der Waals surface area contributed by atoms with Crippen LogP contribution in [0.1, 0.15) is 29.3 Å². The van der Waals surface area contributed by atoms with Gasteiger partial charge in [-0.2, -0.15) is 0 Å². The molecule has 2 aromatic carbocycles. The Balaban J connectivity index is 2.15. The maximum Gasteiger partial charge on any atom is 0.334 e. The van der Waals surface area contributed by atoms with Crippen LogP contribution in [0, 0.1) is 0 Å². The lowest BCUT2D eigenvalue weighted by Crippen LogP contribution is -2.48. The van der Waals surface area contributed by atoms with Gasteiger partial charge in [-0.3, -0.25) is 4.79 Å². The standard InChI is InChI=1S/C20H23ClN2O4/c1-2-10-22-16-9-8-14(12-15(16)21)19(25)23-17(18(24)20(26)27)11-13-6-4-3-5-7-13/h3-9,12,17-18,22,24H,2,10-11H2,1H3,(H,23,25)(H,26,27)/t17-,18-/m1/s1. The molecule has 7 heteroatoms. The Hall–Kier alpha value is -2.57. The highest BCUT2D eigenvalue weighted by atomic mass is 35.5. The van der Waals surface area contributed by atoms with E-state index in [2.05, 4.69) is 10.6 Å². The van der Waals surface area contributed by atoms with E-state index in [4.69, 9.17) is 16.7 Å². The molecule has 6 nitrogen and oxygen atoms in total. The number of aliphatic hydroxyl groups is 1. The first-order chi connectivity index (χ1) is 12.9. The predicted octanol–water partition coefficient (Wildman–Crippen LogP) is 2.95. The molecule has 0 aliphatic carbocycles. The van der Waals surface area contributed by atoms with Crippen LogP contribution in [0.3, 0.4) is 0 Å². The van der Waals surface area contributed by atoms with Gasteiger partial charge in [-0.1, -0.05) is 48.9 Å². The fourth-order valence-electron chi connectivity index (χ4n) is 2.59. The second-order valence-electron chi connectivity index (χ2n) is 6.17. The van der Waals surface area contributed by atoms with E-state index in [1.807, 2.05) is 25.1 Å². The monoisotopic (exact) mass is 390 g/mol. The minimum atomic E-state index is -1.73. The van der Waals surface area contributed by atoms with Gasteiger partial charge in [-0.25, -0.2) is 4.79 Å². The molecule has 2 aromatic rings. The van der Waals surface area contributed by atoms with Gasteiger partial charge >= 0.3 is 5.97 Å². The first-order valence-electron chi connectivity index (χ1n) is 8.71. The Morgan fingerprint density at radius 3 is 2.44 bits per heavy atom. The summed E-state index contributed by atoms with van der Waals surface area (Å²) in [5.74, 6) is -1.89. The van der Waals surface area contributed by atoms with Gasteiger partial charge in [0.2, 0.25) is 0 Å². The van der Waals surface area contributed by atoms with Crippen molar-refractivity contribution in [2.24, 2.45) is 0 Å². The third-order valence-corrected chi connectivity index (χ3v) is 4.36. The van der Waals surface area contributed by atoms with Crippen molar-refractivity contribution in [2.75, 3.05) is 11.9 Å². The summed E-state index contributed by atoms with van der Waals surface area (Å²) in [5.41, 5.74) is 1.82. The number of carboxylic acid groups (broad SMARTS) is 1. The van der Waals surface area contributed by atoms with E-state index < -0.39 is 24.0 Å². The van der Waals surface area contributed by atoms with E-state index >= 15 is 0 Å². The van der Waals surface area contributed by atoms with Crippen LogP contribution in [-0.2, 0) is 11.2 Å². The average molecular weight is 391 g/mol. The summed E-state index contributed by atoms with van der Waals surface area (Å²) < 4.78 is 0. The largest absolute Gasteiger partial charge is 0.479 e. The molecule has 1 amide bonds. The number of hydrogen-bond donors (Lipinski definition) is 4. The molecule has 0 unspecified atom stereocenters. The summed E-state index contributed by atoms with van der Waals surface area (Å²) in [6, 6.07) is 12.9. The zero-order chi connectivity index (χ0) is 19.8. The second-order valence-corrected chi connectivity index (χ2v) is 6.58. The van der Waals surface area contributed by atoms with Crippen LogP contribution in [-0.4, -0.2) is 40.8 Å². The van der Waals surface area contributed by atoms with Gasteiger partial charge in [0.1, 0.15) is 0 Å².